The molecule has 0 aliphatic carbocycles. The van der Waals surface area contributed by atoms with Gasteiger partial charge in [0, 0.05) is 12.1 Å². The molecule has 2 rings (SSSR count). The van der Waals surface area contributed by atoms with E-state index in [0.29, 0.717) is 6.42 Å². The number of anilines is 1. The first kappa shape index (κ1) is 13.1. The molecule has 1 fully saturated rings. The molecule has 0 aromatic heterocycles. The summed E-state index contributed by atoms with van der Waals surface area (Å²) < 4.78 is 22.6. The third-order valence-corrected chi connectivity index (χ3v) is 4.97. The SMILES string of the molecule is Cc1ccc(NC(=O)C[C@@H]2CCS(=O)(=O)C2)cc1. The van der Waals surface area contributed by atoms with Crippen molar-refractivity contribution in [2.75, 3.05) is 16.8 Å². The highest BCUT2D eigenvalue weighted by atomic mass is 32.2. The Kier molecular flexibility index (Phi) is 3.71. The zero-order chi connectivity index (χ0) is 13.2. The standard InChI is InChI=1S/C13H17NO3S/c1-10-2-4-12(5-3-10)14-13(15)8-11-6-7-18(16,17)9-11/h2-5,11H,6-9H2,1H3,(H,14,15)/t11-/m0/s1. The first-order valence-corrected chi connectivity index (χ1v) is 7.84. The Morgan fingerprint density at radius 1 is 1.33 bits per heavy atom. The van der Waals surface area contributed by atoms with E-state index in [-0.39, 0.29) is 29.8 Å². The van der Waals surface area contributed by atoms with Gasteiger partial charge in [0.05, 0.1) is 11.5 Å². The minimum absolute atomic E-state index is 0.0274. The Bertz CT molecular complexity index is 534. The predicted octanol–water partition coefficient (Wildman–Crippen LogP) is 1.76. The summed E-state index contributed by atoms with van der Waals surface area (Å²) in [5.74, 6) is 0.227. The maximum atomic E-state index is 11.8. The molecule has 4 nitrogen and oxygen atoms in total. The second-order valence-corrected chi connectivity index (χ2v) is 7.12. The summed E-state index contributed by atoms with van der Waals surface area (Å²) in [4.78, 5) is 11.8. The van der Waals surface area contributed by atoms with Crippen molar-refractivity contribution in [3.05, 3.63) is 29.8 Å². The van der Waals surface area contributed by atoms with Gasteiger partial charge >= 0.3 is 0 Å². The highest BCUT2D eigenvalue weighted by molar-refractivity contribution is 7.91. The van der Waals surface area contributed by atoms with Crippen LogP contribution in [0.4, 0.5) is 5.69 Å². The summed E-state index contributed by atoms with van der Waals surface area (Å²) in [5, 5.41) is 2.79. The van der Waals surface area contributed by atoms with Crippen molar-refractivity contribution >= 4 is 21.4 Å². The molecule has 1 aromatic rings. The van der Waals surface area contributed by atoms with Crippen LogP contribution in [0.2, 0.25) is 0 Å². The van der Waals surface area contributed by atoms with Gasteiger partial charge < -0.3 is 5.32 Å². The zero-order valence-electron chi connectivity index (χ0n) is 10.3. The molecule has 0 radical (unpaired) electrons. The van der Waals surface area contributed by atoms with Gasteiger partial charge in [0.1, 0.15) is 0 Å². The van der Waals surface area contributed by atoms with E-state index in [1.54, 1.807) is 0 Å². The minimum atomic E-state index is -2.90. The summed E-state index contributed by atoms with van der Waals surface area (Å²) >= 11 is 0. The lowest BCUT2D eigenvalue weighted by atomic mass is 10.0. The molecule has 1 amide bonds. The predicted molar refractivity (Wildman–Crippen MR) is 71.2 cm³/mol. The van der Waals surface area contributed by atoms with E-state index < -0.39 is 9.84 Å². The summed E-state index contributed by atoms with van der Waals surface area (Å²) in [6, 6.07) is 7.54. The van der Waals surface area contributed by atoms with E-state index in [0.717, 1.165) is 11.3 Å². The van der Waals surface area contributed by atoms with Crippen molar-refractivity contribution in [2.45, 2.75) is 19.8 Å². The van der Waals surface area contributed by atoms with Gasteiger partial charge in [-0.3, -0.25) is 4.79 Å². The van der Waals surface area contributed by atoms with Crippen molar-refractivity contribution in [1.29, 1.82) is 0 Å². The van der Waals surface area contributed by atoms with Crippen molar-refractivity contribution in [1.82, 2.24) is 0 Å². The number of hydrogen-bond donors (Lipinski definition) is 1. The molecular formula is C13H17NO3S. The number of benzene rings is 1. The first-order valence-electron chi connectivity index (χ1n) is 6.01. The summed E-state index contributed by atoms with van der Waals surface area (Å²) in [7, 11) is -2.90. The van der Waals surface area contributed by atoms with Crippen LogP contribution in [0.25, 0.3) is 0 Å². The fourth-order valence-corrected chi connectivity index (χ4v) is 4.01. The van der Waals surface area contributed by atoms with Crippen molar-refractivity contribution in [2.24, 2.45) is 5.92 Å². The quantitative estimate of drug-likeness (QED) is 0.907. The van der Waals surface area contributed by atoms with E-state index in [4.69, 9.17) is 0 Å². The average molecular weight is 267 g/mol. The normalized spacial score (nSPS) is 21.7. The number of carbonyl (C=O) groups is 1. The number of carbonyl (C=O) groups excluding carboxylic acids is 1. The molecule has 1 aromatic carbocycles. The third-order valence-electron chi connectivity index (χ3n) is 3.14. The van der Waals surface area contributed by atoms with Gasteiger partial charge in [-0.2, -0.15) is 0 Å². The average Bonchev–Trinajstić information content (AvgIpc) is 2.61. The van der Waals surface area contributed by atoms with Crippen molar-refractivity contribution in [3.8, 4) is 0 Å². The molecule has 1 N–H and O–H groups in total. The maximum Gasteiger partial charge on any atom is 0.224 e. The van der Waals surface area contributed by atoms with Gasteiger partial charge in [-0.1, -0.05) is 17.7 Å². The molecule has 1 atom stereocenters. The first-order chi connectivity index (χ1) is 8.44. The summed E-state index contributed by atoms with van der Waals surface area (Å²) in [5.41, 5.74) is 1.89. The van der Waals surface area contributed by atoms with E-state index in [1.165, 1.54) is 0 Å². The molecule has 0 saturated carbocycles. The van der Waals surface area contributed by atoms with Crippen LogP contribution in [-0.4, -0.2) is 25.8 Å². The highest BCUT2D eigenvalue weighted by Crippen LogP contribution is 2.22. The van der Waals surface area contributed by atoms with Crippen LogP contribution in [0.3, 0.4) is 0 Å². The largest absolute Gasteiger partial charge is 0.326 e. The van der Waals surface area contributed by atoms with E-state index in [2.05, 4.69) is 5.32 Å². The molecule has 1 aliphatic heterocycles. The second-order valence-electron chi connectivity index (χ2n) is 4.89. The topological polar surface area (TPSA) is 63.2 Å². The molecule has 1 aliphatic rings. The Morgan fingerprint density at radius 2 is 2.00 bits per heavy atom. The Labute approximate surface area is 107 Å². The fourth-order valence-electron chi connectivity index (χ4n) is 2.14. The number of amides is 1. The van der Waals surface area contributed by atoms with Crippen LogP contribution in [0, 0.1) is 12.8 Å². The van der Waals surface area contributed by atoms with Gasteiger partial charge in [-0.05, 0) is 31.4 Å². The molecular weight excluding hydrogens is 250 g/mol. The Balaban J connectivity index is 1.88. The lowest BCUT2D eigenvalue weighted by Crippen LogP contribution is -2.17. The van der Waals surface area contributed by atoms with Gasteiger partial charge in [-0.15, -0.1) is 0 Å². The van der Waals surface area contributed by atoms with Crippen LogP contribution in [0.1, 0.15) is 18.4 Å². The number of hydrogen-bond acceptors (Lipinski definition) is 3. The third kappa shape index (κ3) is 3.57. The zero-order valence-corrected chi connectivity index (χ0v) is 11.2. The molecule has 0 spiro atoms. The lowest BCUT2D eigenvalue weighted by Gasteiger charge is -2.08. The van der Waals surface area contributed by atoms with Crippen LogP contribution < -0.4 is 5.32 Å². The monoisotopic (exact) mass is 267 g/mol. The van der Waals surface area contributed by atoms with Crippen molar-refractivity contribution in [3.63, 3.8) is 0 Å². The smallest absolute Gasteiger partial charge is 0.224 e. The molecule has 98 valence electrons. The Hall–Kier alpha value is -1.36. The Morgan fingerprint density at radius 3 is 2.56 bits per heavy atom. The second kappa shape index (κ2) is 5.10. The molecule has 1 saturated heterocycles. The van der Waals surface area contributed by atoms with Crippen LogP contribution in [0.5, 0.6) is 0 Å². The fraction of sp³-hybridized carbons (Fsp3) is 0.462. The summed E-state index contributed by atoms with van der Waals surface area (Å²) in [6.45, 7) is 1.98. The molecule has 0 bridgehead atoms. The van der Waals surface area contributed by atoms with Crippen LogP contribution >= 0.6 is 0 Å². The summed E-state index contributed by atoms with van der Waals surface area (Å²) in [6.07, 6.45) is 0.886. The van der Waals surface area contributed by atoms with E-state index >= 15 is 0 Å². The number of rotatable bonds is 3. The number of nitrogens with one attached hydrogen (secondary N) is 1. The molecule has 5 heteroatoms. The lowest BCUT2D eigenvalue weighted by molar-refractivity contribution is -0.116. The van der Waals surface area contributed by atoms with Gasteiger partial charge in [0.2, 0.25) is 5.91 Å². The highest BCUT2D eigenvalue weighted by Gasteiger charge is 2.29. The van der Waals surface area contributed by atoms with Gasteiger partial charge in [0.15, 0.2) is 9.84 Å². The van der Waals surface area contributed by atoms with E-state index in [9.17, 15) is 13.2 Å². The molecule has 1 heterocycles. The van der Waals surface area contributed by atoms with Gasteiger partial charge in [0.25, 0.3) is 0 Å². The number of aryl methyl sites for hydroxylation is 1. The molecule has 0 unspecified atom stereocenters. The van der Waals surface area contributed by atoms with Crippen LogP contribution in [0.15, 0.2) is 24.3 Å². The van der Waals surface area contributed by atoms with Crippen LogP contribution in [-0.2, 0) is 14.6 Å². The number of sulfone groups is 1. The van der Waals surface area contributed by atoms with E-state index in [1.807, 2.05) is 31.2 Å². The van der Waals surface area contributed by atoms with Crippen molar-refractivity contribution < 1.29 is 13.2 Å². The minimum Gasteiger partial charge on any atom is -0.326 e. The maximum absolute atomic E-state index is 11.8. The van der Waals surface area contributed by atoms with Gasteiger partial charge in [-0.25, -0.2) is 8.42 Å². The molecule has 18 heavy (non-hydrogen) atoms.